The van der Waals surface area contributed by atoms with Crippen LogP contribution in [0.2, 0.25) is 0 Å². The molecule has 1 aliphatic heterocycles. The summed E-state index contributed by atoms with van der Waals surface area (Å²) >= 11 is 0. The van der Waals surface area contributed by atoms with E-state index in [2.05, 4.69) is 13.8 Å². The molecule has 0 N–H and O–H groups in total. The number of amides is 2. The van der Waals surface area contributed by atoms with Crippen LogP contribution in [0.4, 0.5) is 0 Å². The summed E-state index contributed by atoms with van der Waals surface area (Å²) in [6.45, 7) is 9.99. The first-order valence-electron chi connectivity index (χ1n) is 9.03. The molecule has 1 fully saturated rings. The van der Waals surface area contributed by atoms with Crippen LogP contribution in [0.1, 0.15) is 39.7 Å². The molecule has 0 aromatic heterocycles. The van der Waals surface area contributed by atoms with E-state index in [1.807, 2.05) is 47.9 Å². The standard InChI is InChI=1S/C20H30N2O3/c1-14(2)11-21(12-16-6-8-18(25-5)9-7-16)20(24)17-10-19(23)22(13-17)15(3)4/h6-9,14-15,17H,10-13H2,1-5H3/t17-/m0/s1. The molecule has 0 bridgehead atoms. The van der Waals surface area contributed by atoms with Crippen molar-refractivity contribution in [3.63, 3.8) is 0 Å². The van der Waals surface area contributed by atoms with Crippen LogP contribution in [0.3, 0.4) is 0 Å². The molecule has 2 amide bonds. The Labute approximate surface area is 150 Å². The zero-order chi connectivity index (χ0) is 18.6. The van der Waals surface area contributed by atoms with E-state index in [0.717, 1.165) is 11.3 Å². The molecule has 5 nitrogen and oxygen atoms in total. The topological polar surface area (TPSA) is 49.9 Å². The van der Waals surface area contributed by atoms with E-state index in [0.29, 0.717) is 32.0 Å². The van der Waals surface area contributed by atoms with Gasteiger partial charge >= 0.3 is 0 Å². The Hall–Kier alpha value is -2.04. The van der Waals surface area contributed by atoms with Gasteiger partial charge in [0.1, 0.15) is 5.75 Å². The third-order valence-electron chi connectivity index (χ3n) is 4.56. The lowest BCUT2D eigenvalue weighted by Crippen LogP contribution is -2.39. The highest BCUT2D eigenvalue weighted by atomic mass is 16.5. The van der Waals surface area contributed by atoms with Crippen LogP contribution in [-0.4, -0.2) is 47.9 Å². The van der Waals surface area contributed by atoms with Crippen LogP contribution in [0.15, 0.2) is 24.3 Å². The van der Waals surface area contributed by atoms with E-state index in [1.165, 1.54) is 0 Å². The van der Waals surface area contributed by atoms with Crippen molar-refractivity contribution in [3.8, 4) is 5.75 Å². The monoisotopic (exact) mass is 346 g/mol. The molecule has 138 valence electrons. The summed E-state index contributed by atoms with van der Waals surface area (Å²) in [7, 11) is 1.64. The van der Waals surface area contributed by atoms with E-state index in [1.54, 1.807) is 7.11 Å². The Kier molecular flexibility index (Phi) is 6.45. The second-order valence-corrected chi connectivity index (χ2v) is 7.50. The quantitative estimate of drug-likeness (QED) is 0.763. The number of ether oxygens (including phenoxy) is 1. The lowest BCUT2D eigenvalue weighted by Gasteiger charge is -2.28. The number of hydrogen-bond acceptors (Lipinski definition) is 3. The van der Waals surface area contributed by atoms with Gasteiger partial charge in [-0.25, -0.2) is 0 Å². The number of benzene rings is 1. The third kappa shape index (κ3) is 4.97. The van der Waals surface area contributed by atoms with E-state index < -0.39 is 0 Å². The Morgan fingerprint density at radius 1 is 1.24 bits per heavy atom. The minimum absolute atomic E-state index is 0.0843. The van der Waals surface area contributed by atoms with Crippen LogP contribution in [0, 0.1) is 11.8 Å². The second-order valence-electron chi connectivity index (χ2n) is 7.50. The molecule has 0 unspecified atom stereocenters. The Balaban J connectivity index is 2.10. The summed E-state index contributed by atoms with van der Waals surface area (Å²) in [4.78, 5) is 28.9. The molecular weight excluding hydrogens is 316 g/mol. The van der Waals surface area contributed by atoms with Gasteiger partial charge in [0.2, 0.25) is 11.8 Å². The fourth-order valence-corrected chi connectivity index (χ4v) is 3.28. The lowest BCUT2D eigenvalue weighted by molar-refractivity contribution is -0.137. The van der Waals surface area contributed by atoms with Gasteiger partial charge in [-0.3, -0.25) is 9.59 Å². The summed E-state index contributed by atoms with van der Waals surface area (Å²) in [6, 6.07) is 7.93. The molecule has 1 heterocycles. The van der Waals surface area contributed by atoms with Crippen molar-refractivity contribution < 1.29 is 14.3 Å². The highest BCUT2D eigenvalue weighted by Gasteiger charge is 2.37. The van der Waals surface area contributed by atoms with Crippen molar-refractivity contribution in [2.45, 2.75) is 46.7 Å². The maximum absolute atomic E-state index is 13.0. The second kappa shape index (κ2) is 8.37. The van der Waals surface area contributed by atoms with Gasteiger partial charge in [-0.05, 0) is 37.5 Å². The maximum atomic E-state index is 13.0. The molecule has 0 radical (unpaired) electrons. The maximum Gasteiger partial charge on any atom is 0.228 e. The smallest absolute Gasteiger partial charge is 0.228 e. The van der Waals surface area contributed by atoms with Crippen molar-refractivity contribution in [2.24, 2.45) is 11.8 Å². The first-order valence-corrected chi connectivity index (χ1v) is 9.03. The summed E-state index contributed by atoms with van der Waals surface area (Å²) in [5.41, 5.74) is 1.07. The van der Waals surface area contributed by atoms with Crippen LogP contribution in [0.25, 0.3) is 0 Å². The molecule has 1 aromatic rings. The molecule has 0 saturated carbocycles. The molecule has 2 rings (SSSR count). The number of likely N-dealkylation sites (tertiary alicyclic amines) is 1. The van der Waals surface area contributed by atoms with Crippen LogP contribution < -0.4 is 4.74 Å². The van der Waals surface area contributed by atoms with Crippen molar-refractivity contribution in [2.75, 3.05) is 20.2 Å². The molecule has 1 saturated heterocycles. The minimum Gasteiger partial charge on any atom is -0.497 e. The Morgan fingerprint density at radius 2 is 1.88 bits per heavy atom. The predicted molar refractivity (Wildman–Crippen MR) is 98.2 cm³/mol. The van der Waals surface area contributed by atoms with Gasteiger partial charge in [0.15, 0.2) is 0 Å². The molecule has 0 spiro atoms. The fourth-order valence-electron chi connectivity index (χ4n) is 3.28. The number of carbonyl (C=O) groups excluding carboxylic acids is 2. The van der Waals surface area contributed by atoms with Gasteiger partial charge in [-0.2, -0.15) is 0 Å². The van der Waals surface area contributed by atoms with E-state index in [-0.39, 0.29) is 23.8 Å². The zero-order valence-corrected chi connectivity index (χ0v) is 16.0. The van der Waals surface area contributed by atoms with Crippen molar-refractivity contribution in [1.29, 1.82) is 0 Å². The summed E-state index contributed by atoms with van der Waals surface area (Å²) in [6.07, 6.45) is 0.328. The lowest BCUT2D eigenvalue weighted by atomic mass is 10.0. The van der Waals surface area contributed by atoms with E-state index >= 15 is 0 Å². The minimum atomic E-state index is -0.230. The van der Waals surface area contributed by atoms with Crippen LogP contribution >= 0.6 is 0 Å². The first-order chi connectivity index (χ1) is 11.8. The van der Waals surface area contributed by atoms with Gasteiger partial charge in [0.05, 0.1) is 13.0 Å². The van der Waals surface area contributed by atoms with Gasteiger partial charge in [0.25, 0.3) is 0 Å². The third-order valence-corrected chi connectivity index (χ3v) is 4.56. The SMILES string of the molecule is COc1ccc(CN(CC(C)C)C(=O)[C@H]2CC(=O)N(C(C)C)C2)cc1. The molecule has 25 heavy (non-hydrogen) atoms. The number of hydrogen-bond donors (Lipinski definition) is 0. The summed E-state index contributed by atoms with van der Waals surface area (Å²) < 4.78 is 5.19. The van der Waals surface area contributed by atoms with Crippen LogP contribution in [-0.2, 0) is 16.1 Å². The largest absolute Gasteiger partial charge is 0.497 e. The molecule has 0 aliphatic carbocycles. The van der Waals surface area contributed by atoms with Gasteiger partial charge < -0.3 is 14.5 Å². The molecule has 1 aliphatic rings. The molecular formula is C20H30N2O3. The average molecular weight is 346 g/mol. The normalized spacial score (nSPS) is 17.5. The summed E-state index contributed by atoms with van der Waals surface area (Å²) in [5, 5.41) is 0. The van der Waals surface area contributed by atoms with Crippen LogP contribution in [0.5, 0.6) is 5.75 Å². The van der Waals surface area contributed by atoms with Gasteiger partial charge in [-0.1, -0.05) is 26.0 Å². The molecule has 1 atom stereocenters. The first kappa shape index (κ1) is 19.3. The molecule has 5 heteroatoms. The number of methoxy groups -OCH3 is 1. The fraction of sp³-hybridized carbons (Fsp3) is 0.600. The Bertz CT molecular complexity index is 595. The number of carbonyl (C=O) groups is 2. The molecule has 1 aromatic carbocycles. The van der Waals surface area contributed by atoms with Gasteiger partial charge in [0, 0.05) is 32.1 Å². The zero-order valence-electron chi connectivity index (χ0n) is 16.0. The highest BCUT2D eigenvalue weighted by molar-refractivity contribution is 5.89. The van der Waals surface area contributed by atoms with E-state index in [4.69, 9.17) is 4.74 Å². The van der Waals surface area contributed by atoms with Crippen molar-refractivity contribution in [1.82, 2.24) is 9.80 Å². The Morgan fingerprint density at radius 3 is 2.36 bits per heavy atom. The predicted octanol–water partition coefficient (Wildman–Crippen LogP) is 2.94. The number of rotatable bonds is 7. The summed E-state index contributed by atoms with van der Waals surface area (Å²) in [5.74, 6) is 1.12. The van der Waals surface area contributed by atoms with E-state index in [9.17, 15) is 9.59 Å². The van der Waals surface area contributed by atoms with Crippen molar-refractivity contribution in [3.05, 3.63) is 29.8 Å². The van der Waals surface area contributed by atoms with Crippen molar-refractivity contribution >= 4 is 11.8 Å². The van der Waals surface area contributed by atoms with Gasteiger partial charge in [-0.15, -0.1) is 0 Å². The highest BCUT2D eigenvalue weighted by Crippen LogP contribution is 2.24. The average Bonchev–Trinajstić information content (AvgIpc) is 2.96. The number of nitrogens with zero attached hydrogens (tertiary/aromatic N) is 2.